The van der Waals surface area contributed by atoms with E-state index >= 15 is 0 Å². The number of nitriles is 1. The molecule has 0 aliphatic heterocycles. The monoisotopic (exact) mass is 714 g/mol. The van der Waals surface area contributed by atoms with E-state index in [-0.39, 0.29) is 0 Å². The van der Waals surface area contributed by atoms with Crippen LogP contribution in [0, 0.1) is 31.8 Å². The Hall–Kier alpha value is -7.66. The van der Waals surface area contributed by atoms with Crippen molar-refractivity contribution in [2.45, 2.75) is 13.8 Å². The van der Waals surface area contributed by atoms with Gasteiger partial charge in [-0.2, -0.15) is 5.26 Å². The fourth-order valence-electron chi connectivity index (χ4n) is 8.59. The molecule has 0 amide bonds. The summed E-state index contributed by atoms with van der Waals surface area (Å²) in [6.45, 7) is 12.6. The van der Waals surface area contributed by atoms with E-state index in [2.05, 4.69) is 179 Å². The van der Waals surface area contributed by atoms with Crippen LogP contribution in [-0.4, -0.2) is 9.13 Å². The normalized spacial score (nSPS) is 11.4. The van der Waals surface area contributed by atoms with Crippen molar-refractivity contribution in [3.05, 3.63) is 198 Å². The zero-order valence-corrected chi connectivity index (χ0v) is 31.0. The molecular weight excluding hydrogens is 681 g/mol. The van der Waals surface area contributed by atoms with Gasteiger partial charge < -0.3 is 9.13 Å². The molecule has 4 heteroatoms. The Balaban J connectivity index is 1.20. The molecule has 8 aromatic carbocycles. The van der Waals surface area contributed by atoms with Gasteiger partial charge in [0.15, 0.2) is 5.69 Å². The maximum Gasteiger partial charge on any atom is 0.195 e. The zero-order chi connectivity index (χ0) is 37.9. The van der Waals surface area contributed by atoms with Gasteiger partial charge in [0.05, 0.1) is 40.3 Å². The molecule has 4 nitrogen and oxygen atoms in total. The number of fused-ring (bicyclic) bond motifs is 6. The van der Waals surface area contributed by atoms with Crippen molar-refractivity contribution in [2.75, 3.05) is 0 Å². The van der Waals surface area contributed by atoms with Crippen LogP contribution in [0.1, 0.15) is 16.7 Å². The predicted octanol–water partition coefficient (Wildman–Crippen LogP) is 13.9. The fraction of sp³-hybridized carbons (Fsp3) is 0.0385. The van der Waals surface area contributed by atoms with Gasteiger partial charge in [-0.15, -0.1) is 0 Å². The maximum atomic E-state index is 10.6. The first-order chi connectivity index (χ1) is 27.5. The smallest absolute Gasteiger partial charge is 0.195 e. The summed E-state index contributed by atoms with van der Waals surface area (Å²) in [4.78, 5) is 4.00. The van der Waals surface area contributed by atoms with Crippen LogP contribution in [0.5, 0.6) is 0 Å². The van der Waals surface area contributed by atoms with Gasteiger partial charge in [-0.1, -0.05) is 115 Å². The average molecular weight is 715 g/mol. The quantitative estimate of drug-likeness (QED) is 0.164. The Morgan fingerprint density at radius 1 is 0.446 bits per heavy atom. The van der Waals surface area contributed by atoms with Gasteiger partial charge in [-0.05, 0) is 113 Å². The summed E-state index contributed by atoms with van der Waals surface area (Å²) in [5, 5.41) is 15.2. The number of hydrogen-bond acceptors (Lipinski definition) is 1. The van der Waals surface area contributed by atoms with Gasteiger partial charge in [-0.3, -0.25) is 0 Å². The molecule has 262 valence electrons. The molecule has 56 heavy (non-hydrogen) atoms. The van der Waals surface area contributed by atoms with E-state index < -0.39 is 0 Å². The second-order valence-electron chi connectivity index (χ2n) is 14.5. The van der Waals surface area contributed by atoms with Crippen molar-refractivity contribution >= 4 is 49.3 Å². The molecule has 0 saturated heterocycles. The zero-order valence-electron chi connectivity index (χ0n) is 31.0. The van der Waals surface area contributed by atoms with E-state index in [0.29, 0.717) is 11.3 Å². The summed E-state index contributed by atoms with van der Waals surface area (Å²) in [6, 6.07) is 61.8. The fourth-order valence-corrected chi connectivity index (χ4v) is 8.59. The number of hydrogen-bond donors (Lipinski definition) is 0. The molecule has 0 aliphatic rings. The highest BCUT2D eigenvalue weighted by atomic mass is 15.0. The van der Waals surface area contributed by atoms with E-state index in [0.717, 1.165) is 77.2 Å². The Labute approximate surface area is 325 Å². The summed E-state index contributed by atoms with van der Waals surface area (Å²) in [5.41, 5.74) is 15.7. The van der Waals surface area contributed by atoms with Crippen molar-refractivity contribution in [1.82, 2.24) is 9.13 Å². The lowest BCUT2D eigenvalue weighted by Gasteiger charge is -2.16. The van der Waals surface area contributed by atoms with E-state index in [1.165, 1.54) is 22.3 Å². The molecule has 0 fully saturated rings. The largest absolute Gasteiger partial charge is 0.309 e. The molecule has 10 aromatic rings. The highest BCUT2D eigenvalue weighted by Crippen LogP contribution is 2.41. The van der Waals surface area contributed by atoms with Crippen LogP contribution in [0.4, 0.5) is 5.69 Å². The summed E-state index contributed by atoms with van der Waals surface area (Å²) in [6.07, 6.45) is 0. The summed E-state index contributed by atoms with van der Waals surface area (Å²) >= 11 is 0. The third-order valence-corrected chi connectivity index (χ3v) is 11.3. The third kappa shape index (κ3) is 5.12. The number of para-hydroxylation sites is 2. The molecule has 0 saturated carbocycles. The average Bonchev–Trinajstić information content (AvgIpc) is 3.75. The molecular formula is C52H34N4. The van der Waals surface area contributed by atoms with Crippen LogP contribution in [0.15, 0.2) is 170 Å². The van der Waals surface area contributed by atoms with Crippen LogP contribution in [-0.2, 0) is 0 Å². The first-order valence-corrected chi connectivity index (χ1v) is 18.8. The molecule has 0 radical (unpaired) electrons. The van der Waals surface area contributed by atoms with Gasteiger partial charge >= 0.3 is 0 Å². The van der Waals surface area contributed by atoms with E-state index in [9.17, 15) is 5.26 Å². The lowest BCUT2D eigenvalue weighted by molar-refractivity contribution is 1.17. The van der Waals surface area contributed by atoms with Crippen molar-refractivity contribution < 1.29 is 0 Å². The van der Waals surface area contributed by atoms with Gasteiger partial charge in [-0.25, -0.2) is 4.85 Å². The summed E-state index contributed by atoms with van der Waals surface area (Å²) in [5.74, 6) is 0. The lowest BCUT2D eigenvalue weighted by Crippen LogP contribution is -1.98. The second kappa shape index (κ2) is 13.0. The van der Waals surface area contributed by atoms with Crippen LogP contribution in [0.2, 0.25) is 0 Å². The lowest BCUT2D eigenvalue weighted by atomic mass is 9.97. The minimum Gasteiger partial charge on any atom is -0.309 e. The summed E-state index contributed by atoms with van der Waals surface area (Å²) < 4.78 is 4.58. The Kier molecular flexibility index (Phi) is 7.66. The van der Waals surface area contributed by atoms with Crippen molar-refractivity contribution in [3.8, 4) is 50.8 Å². The summed E-state index contributed by atoms with van der Waals surface area (Å²) in [7, 11) is 0. The van der Waals surface area contributed by atoms with Crippen LogP contribution < -0.4 is 0 Å². The molecule has 10 rings (SSSR count). The van der Waals surface area contributed by atoms with Crippen LogP contribution in [0.3, 0.4) is 0 Å². The number of nitrogens with zero attached hydrogens (tertiary/aromatic N) is 4. The molecule has 2 aromatic heterocycles. The van der Waals surface area contributed by atoms with E-state index in [1.54, 1.807) is 0 Å². The van der Waals surface area contributed by atoms with E-state index in [1.807, 2.05) is 24.3 Å². The van der Waals surface area contributed by atoms with Gasteiger partial charge in [0.2, 0.25) is 0 Å². The predicted molar refractivity (Wildman–Crippen MR) is 232 cm³/mol. The highest BCUT2D eigenvalue weighted by Gasteiger charge is 2.19. The number of aryl methyl sites for hydroxylation is 2. The van der Waals surface area contributed by atoms with Crippen LogP contribution >= 0.6 is 0 Å². The molecule has 0 bridgehead atoms. The highest BCUT2D eigenvalue weighted by molar-refractivity contribution is 6.11. The minimum atomic E-state index is 0.493. The van der Waals surface area contributed by atoms with Crippen molar-refractivity contribution in [1.29, 1.82) is 5.26 Å². The SMILES string of the molecule is [C-]#[N+]c1ccc(-n2c3ccccc3c3ccc(-c4ccccc4C)cc32)cc1-c1cc(-n2c3ccccc3c3ccc(-c4ccccc4C)cc32)ccc1C#N. The second-order valence-corrected chi connectivity index (χ2v) is 14.5. The van der Waals surface area contributed by atoms with Gasteiger partial charge in [0, 0.05) is 32.9 Å². The molecule has 0 spiro atoms. The Bertz CT molecular complexity index is 3080. The minimum absolute atomic E-state index is 0.493. The first kappa shape index (κ1) is 32.9. The molecule has 0 unspecified atom stereocenters. The number of aromatic nitrogens is 2. The molecule has 0 aliphatic carbocycles. The van der Waals surface area contributed by atoms with Crippen LogP contribution in [0.25, 0.3) is 93.2 Å². The Morgan fingerprint density at radius 2 is 0.911 bits per heavy atom. The topological polar surface area (TPSA) is 38.0 Å². The molecule has 0 N–H and O–H groups in total. The number of benzene rings is 8. The molecule has 0 atom stereocenters. The van der Waals surface area contributed by atoms with Gasteiger partial charge in [0.1, 0.15) is 0 Å². The van der Waals surface area contributed by atoms with Crippen molar-refractivity contribution in [2.24, 2.45) is 0 Å². The number of rotatable bonds is 5. The third-order valence-electron chi connectivity index (χ3n) is 11.3. The molecule has 2 heterocycles. The van der Waals surface area contributed by atoms with E-state index in [4.69, 9.17) is 6.57 Å². The Morgan fingerprint density at radius 3 is 1.43 bits per heavy atom. The first-order valence-electron chi connectivity index (χ1n) is 18.8. The maximum absolute atomic E-state index is 10.6. The van der Waals surface area contributed by atoms with Gasteiger partial charge in [0.25, 0.3) is 0 Å². The standard InChI is InChI=1S/C52H34N4/c1-33-12-4-6-14-40(33)35-21-25-44-42-16-8-10-18-49(42)55(51(44)28-35)38-23-20-37(32-53)46(30-38)47-31-39(24-27-48(47)54-3)56-50-19-11-9-17-43(50)45-26-22-36(29-52(45)56)41-15-7-5-13-34(41)2/h4-31H,1-2H3. The van der Waals surface area contributed by atoms with Crippen molar-refractivity contribution in [3.63, 3.8) is 0 Å².